The molecule has 0 unspecified atom stereocenters. The van der Waals surface area contributed by atoms with Crippen molar-refractivity contribution in [3.8, 4) is 0 Å². The molecule has 1 aromatic rings. The number of hydrogen-bond donors (Lipinski definition) is 2. The molecular formula is C10H15N3O5S. The highest BCUT2D eigenvalue weighted by Crippen LogP contribution is 1.96. The van der Waals surface area contributed by atoms with Gasteiger partial charge < -0.3 is 9.73 Å². The predicted molar refractivity (Wildman–Crippen MR) is 65.6 cm³/mol. The zero-order chi connectivity index (χ0) is 14.5. The van der Waals surface area contributed by atoms with E-state index in [1.165, 1.54) is 6.20 Å². The third-order valence-corrected chi connectivity index (χ3v) is 3.35. The second kappa shape index (κ2) is 6.32. The van der Waals surface area contributed by atoms with Crippen LogP contribution in [0.15, 0.2) is 17.0 Å². The van der Waals surface area contributed by atoms with Crippen LogP contribution in [-0.2, 0) is 14.8 Å². The molecule has 0 fully saturated rings. The van der Waals surface area contributed by atoms with Gasteiger partial charge in [0.25, 0.3) is 5.91 Å². The van der Waals surface area contributed by atoms with Gasteiger partial charge in [-0.2, -0.15) is 0 Å². The van der Waals surface area contributed by atoms with E-state index in [0.717, 1.165) is 6.39 Å². The SMILES string of the molecule is CC(C)C(=O)NS(=O)(=O)CCNC(=O)c1cnco1. The molecule has 0 atom stereocenters. The molecule has 0 spiro atoms. The van der Waals surface area contributed by atoms with E-state index in [1.807, 2.05) is 4.72 Å². The van der Waals surface area contributed by atoms with Crippen LogP contribution in [0.2, 0.25) is 0 Å². The zero-order valence-corrected chi connectivity index (χ0v) is 11.4. The van der Waals surface area contributed by atoms with Gasteiger partial charge in [0.05, 0.1) is 11.9 Å². The normalized spacial score (nSPS) is 11.3. The number of nitrogens with zero attached hydrogens (tertiary/aromatic N) is 1. The minimum absolute atomic E-state index is 0.0105. The van der Waals surface area contributed by atoms with Gasteiger partial charge in [0.2, 0.25) is 21.7 Å². The number of carbonyl (C=O) groups is 2. The van der Waals surface area contributed by atoms with Crippen LogP contribution in [0.25, 0.3) is 0 Å². The van der Waals surface area contributed by atoms with E-state index in [-0.39, 0.29) is 12.3 Å². The summed E-state index contributed by atoms with van der Waals surface area (Å²) in [5.41, 5.74) is 0. The Bertz CT molecular complexity index is 536. The first-order valence-electron chi connectivity index (χ1n) is 5.53. The standard InChI is InChI=1S/C10H15N3O5S/c1-7(2)9(14)13-19(16,17)4-3-12-10(15)8-5-11-6-18-8/h5-7H,3-4H2,1-2H3,(H,12,15)(H,13,14). The Kier molecular flexibility index (Phi) is 5.04. The largest absolute Gasteiger partial charge is 0.438 e. The Hall–Kier alpha value is -1.90. The second-order valence-electron chi connectivity index (χ2n) is 4.06. The van der Waals surface area contributed by atoms with Gasteiger partial charge in [-0.1, -0.05) is 13.8 Å². The monoisotopic (exact) mass is 289 g/mol. The van der Waals surface area contributed by atoms with Crippen molar-refractivity contribution in [1.29, 1.82) is 0 Å². The van der Waals surface area contributed by atoms with Crippen LogP contribution >= 0.6 is 0 Å². The smallest absolute Gasteiger partial charge is 0.288 e. The highest BCUT2D eigenvalue weighted by Gasteiger charge is 2.17. The lowest BCUT2D eigenvalue weighted by Crippen LogP contribution is -2.39. The molecule has 1 heterocycles. The number of sulfonamides is 1. The number of carbonyl (C=O) groups excluding carboxylic acids is 2. The van der Waals surface area contributed by atoms with Crippen molar-refractivity contribution in [3.63, 3.8) is 0 Å². The predicted octanol–water partition coefficient (Wildman–Crippen LogP) is -0.494. The summed E-state index contributed by atoms with van der Waals surface area (Å²) in [6.07, 6.45) is 2.30. The lowest BCUT2D eigenvalue weighted by atomic mass is 10.2. The lowest BCUT2D eigenvalue weighted by Gasteiger charge is -2.08. The molecule has 9 heteroatoms. The minimum Gasteiger partial charge on any atom is -0.438 e. The van der Waals surface area contributed by atoms with Gasteiger partial charge in [-0.3, -0.25) is 14.3 Å². The van der Waals surface area contributed by atoms with E-state index in [4.69, 9.17) is 4.42 Å². The van der Waals surface area contributed by atoms with Gasteiger partial charge in [-0.25, -0.2) is 13.4 Å². The summed E-state index contributed by atoms with van der Waals surface area (Å²) in [5.74, 6) is -1.99. The number of rotatable bonds is 6. The molecule has 0 aromatic carbocycles. The van der Waals surface area contributed by atoms with Crippen molar-refractivity contribution in [2.45, 2.75) is 13.8 Å². The summed E-state index contributed by atoms with van der Waals surface area (Å²) in [5, 5.41) is 2.34. The number of aromatic nitrogens is 1. The molecule has 1 rings (SSSR count). The lowest BCUT2D eigenvalue weighted by molar-refractivity contribution is -0.122. The zero-order valence-electron chi connectivity index (χ0n) is 10.5. The van der Waals surface area contributed by atoms with Crippen LogP contribution in [-0.4, -0.2) is 37.5 Å². The van der Waals surface area contributed by atoms with Crippen molar-refractivity contribution in [3.05, 3.63) is 18.4 Å². The number of amides is 2. The minimum atomic E-state index is -3.75. The molecule has 8 nitrogen and oxygen atoms in total. The van der Waals surface area contributed by atoms with Gasteiger partial charge in [0.1, 0.15) is 0 Å². The van der Waals surface area contributed by atoms with Gasteiger partial charge in [0, 0.05) is 12.5 Å². The summed E-state index contributed by atoms with van der Waals surface area (Å²) in [6.45, 7) is 3.02. The highest BCUT2D eigenvalue weighted by molar-refractivity contribution is 7.90. The van der Waals surface area contributed by atoms with Crippen molar-refractivity contribution in [1.82, 2.24) is 15.0 Å². The summed E-state index contributed by atoms with van der Waals surface area (Å²) >= 11 is 0. The number of oxazole rings is 1. The summed E-state index contributed by atoms with van der Waals surface area (Å²) in [7, 11) is -3.75. The fourth-order valence-corrected chi connectivity index (χ4v) is 2.05. The molecule has 0 bridgehead atoms. The summed E-state index contributed by atoms with van der Waals surface area (Å²) in [4.78, 5) is 26.2. The first-order chi connectivity index (χ1) is 8.82. The molecule has 2 N–H and O–H groups in total. The maximum absolute atomic E-state index is 11.5. The quantitative estimate of drug-likeness (QED) is 0.729. The third kappa shape index (κ3) is 5.08. The van der Waals surface area contributed by atoms with E-state index >= 15 is 0 Å². The second-order valence-corrected chi connectivity index (χ2v) is 5.90. The Morgan fingerprint density at radius 2 is 2.11 bits per heavy atom. The Morgan fingerprint density at radius 3 is 2.63 bits per heavy atom. The van der Waals surface area contributed by atoms with E-state index in [0.29, 0.717) is 0 Å². The fourth-order valence-electron chi connectivity index (χ4n) is 1.04. The first kappa shape index (κ1) is 15.2. The van der Waals surface area contributed by atoms with Crippen molar-refractivity contribution >= 4 is 21.8 Å². The van der Waals surface area contributed by atoms with Crippen LogP contribution in [0.1, 0.15) is 24.4 Å². The van der Waals surface area contributed by atoms with Gasteiger partial charge in [0.15, 0.2) is 6.39 Å². The molecule has 0 radical (unpaired) electrons. The molecule has 0 aliphatic rings. The van der Waals surface area contributed by atoms with Gasteiger partial charge >= 0.3 is 0 Å². The molecule has 2 amide bonds. The molecule has 0 aliphatic carbocycles. The highest BCUT2D eigenvalue weighted by atomic mass is 32.2. The molecule has 19 heavy (non-hydrogen) atoms. The molecule has 0 saturated heterocycles. The van der Waals surface area contributed by atoms with Crippen LogP contribution in [0, 0.1) is 5.92 Å². The molecule has 106 valence electrons. The van der Waals surface area contributed by atoms with Crippen molar-refractivity contribution in [2.24, 2.45) is 5.92 Å². The van der Waals surface area contributed by atoms with Crippen molar-refractivity contribution < 1.29 is 22.4 Å². The van der Waals surface area contributed by atoms with E-state index in [2.05, 4.69) is 10.3 Å². The van der Waals surface area contributed by atoms with Gasteiger partial charge in [-0.05, 0) is 0 Å². The average Bonchev–Trinajstić information content (AvgIpc) is 2.81. The molecule has 1 aromatic heterocycles. The number of hydrogen-bond acceptors (Lipinski definition) is 6. The van der Waals surface area contributed by atoms with Gasteiger partial charge in [-0.15, -0.1) is 0 Å². The van der Waals surface area contributed by atoms with Crippen LogP contribution in [0.4, 0.5) is 0 Å². The molecule has 0 saturated carbocycles. The topological polar surface area (TPSA) is 118 Å². The Labute approximate surface area is 110 Å². The Balaban J connectivity index is 2.40. The summed E-state index contributed by atoms with van der Waals surface area (Å²) < 4.78 is 29.6. The van der Waals surface area contributed by atoms with Crippen molar-refractivity contribution in [2.75, 3.05) is 12.3 Å². The van der Waals surface area contributed by atoms with Crippen LogP contribution < -0.4 is 10.0 Å². The van der Waals surface area contributed by atoms with E-state index in [1.54, 1.807) is 13.8 Å². The Morgan fingerprint density at radius 1 is 1.42 bits per heavy atom. The maximum atomic E-state index is 11.5. The molecule has 0 aliphatic heterocycles. The number of nitrogens with one attached hydrogen (secondary N) is 2. The third-order valence-electron chi connectivity index (χ3n) is 2.09. The first-order valence-corrected chi connectivity index (χ1v) is 7.18. The van der Waals surface area contributed by atoms with E-state index < -0.39 is 33.5 Å². The van der Waals surface area contributed by atoms with Crippen LogP contribution in [0.3, 0.4) is 0 Å². The fraction of sp³-hybridized carbons (Fsp3) is 0.500. The summed E-state index contributed by atoms with van der Waals surface area (Å²) in [6, 6.07) is 0. The molecular weight excluding hydrogens is 274 g/mol. The average molecular weight is 289 g/mol. The van der Waals surface area contributed by atoms with E-state index in [9.17, 15) is 18.0 Å². The van der Waals surface area contributed by atoms with Crippen LogP contribution in [0.5, 0.6) is 0 Å². The maximum Gasteiger partial charge on any atom is 0.288 e.